The molecule has 0 unspecified atom stereocenters. The molecule has 0 aliphatic carbocycles. The maximum Gasteiger partial charge on any atom is 0.263 e. The fraction of sp³-hybridized carbons (Fsp3) is 0.286. The van der Waals surface area contributed by atoms with Crippen LogP contribution in [0.2, 0.25) is 0 Å². The number of amides is 1. The van der Waals surface area contributed by atoms with E-state index in [0.717, 1.165) is 16.3 Å². The third-order valence-electron chi connectivity index (χ3n) is 2.44. The van der Waals surface area contributed by atoms with E-state index in [1.165, 1.54) is 11.3 Å². The molecule has 0 aliphatic rings. The van der Waals surface area contributed by atoms with Crippen LogP contribution in [0.25, 0.3) is 10.6 Å². The van der Waals surface area contributed by atoms with E-state index in [1.54, 1.807) is 0 Å². The van der Waals surface area contributed by atoms with E-state index < -0.39 is 0 Å². The van der Waals surface area contributed by atoms with Gasteiger partial charge in [0.2, 0.25) is 0 Å². The molecule has 0 aliphatic heterocycles. The second kappa shape index (κ2) is 5.31. The van der Waals surface area contributed by atoms with Gasteiger partial charge >= 0.3 is 0 Å². The van der Waals surface area contributed by atoms with Crippen LogP contribution in [-0.4, -0.2) is 16.9 Å². The average Bonchev–Trinajstić information content (AvgIpc) is 2.72. The largest absolute Gasteiger partial charge is 0.349 e. The molecular formula is C14H16N2OS. The summed E-state index contributed by atoms with van der Waals surface area (Å²) in [4.78, 5) is 17.1. The van der Waals surface area contributed by atoms with Gasteiger partial charge in [-0.05, 0) is 20.8 Å². The highest BCUT2D eigenvalue weighted by Gasteiger charge is 2.16. The maximum atomic E-state index is 12.0. The SMILES string of the molecule is Cc1nc(-c2ccccc2)sc1C(=O)NC(C)C. The molecule has 3 nitrogen and oxygen atoms in total. The molecule has 18 heavy (non-hydrogen) atoms. The predicted octanol–water partition coefficient (Wildman–Crippen LogP) is 3.26. The van der Waals surface area contributed by atoms with Crippen LogP contribution in [0.3, 0.4) is 0 Å². The molecule has 94 valence electrons. The van der Waals surface area contributed by atoms with Gasteiger partial charge in [-0.25, -0.2) is 4.98 Å². The summed E-state index contributed by atoms with van der Waals surface area (Å²) in [6.45, 7) is 5.77. The fourth-order valence-corrected chi connectivity index (χ4v) is 2.61. The number of aryl methyl sites for hydroxylation is 1. The zero-order valence-corrected chi connectivity index (χ0v) is 11.5. The summed E-state index contributed by atoms with van der Waals surface area (Å²) < 4.78 is 0. The monoisotopic (exact) mass is 260 g/mol. The van der Waals surface area contributed by atoms with Gasteiger partial charge in [-0.2, -0.15) is 0 Å². The van der Waals surface area contributed by atoms with Crippen molar-refractivity contribution < 1.29 is 4.79 Å². The molecule has 1 aromatic heterocycles. The number of hydrogen-bond donors (Lipinski definition) is 1. The summed E-state index contributed by atoms with van der Waals surface area (Å²) >= 11 is 1.44. The Labute approximate surface area is 111 Å². The third-order valence-corrected chi connectivity index (χ3v) is 3.65. The van der Waals surface area contributed by atoms with Crippen molar-refractivity contribution in [2.24, 2.45) is 0 Å². The Balaban J connectivity index is 2.30. The lowest BCUT2D eigenvalue weighted by Gasteiger charge is -2.06. The molecule has 0 radical (unpaired) electrons. The Hall–Kier alpha value is -1.68. The van der Waals surface area contributed by atoms with Gasteiger partial charge in [-0.15, -0.1) is 11.3 Å². The minimum atomic E-state index is -0.0396. The topological polar surface area (TPSA) is 42.0 Å². The summed E-state index contributed by atoms with van der Waals surface area (Å²) in [5.74, 6) is -0.0396. The number of carbonyl (C=O) groups is 1. The van der Waals surface area contributed by atoms with E-state index in [2.05, 4.69) is 10.3 Å². The highest BCUT2D eigenvalue weighted by molar-refractivity contribution is 7.17. The number of hydrogen-bond acceptors (Lipinski definition) is 3. The molecule has 1 heterocycles. The van der Waals surface area contributed by atoms with E-state index in [4.69, 9.17) is 0 Å². The predicted molar refractivity (Wildman–Crippen MR) is 74.9 cm³/mol. The zero-order chi connectivity index (χ0) is 13.1. The normalized spacial score (nSPS) is 10.7. The van der Waals surface area contributed by atoms with Crippen LogP contribution in [0.4, 0.5) is 0 Å². The van der Waals surface area contributed by atoms with Crippen molar-refractivity contribution in [1.82, 2.24) is 10.3 Å². The first-order chi connectivity index (χ1) is 8.58. The molecule has 0 spiro atoms. The molecule has 1 aromatic carbocycles. The van der Waals surface area contributed by atoms with E-state index in [-0.39, 0.29) is 11.9 Å². The van der Waals surface area contributed by atoms with Gasteiger partial charge in [0.1, 0.15) is 9.88 Å². The number of carbonyl (C=O) groups excluding carboxylic acids is 1. The van der Waals surface area contributed by atoms with Gasteiger partial charge in [-0.1, -0.05) is 30.3 Å². The lowest BCUT2D eigenvalue weighted by Crippen LogP contribution is -2.29. The molecule has 1 N–H and O–H groups in total. The first kappa shape index (κ1) is 12.8. The van der Waals surface area contributed by atoms with Crippen molar-refractivity contribution in [2.45, 2.75) is 26.8 Å². The Kier molecular flexibility index (Phi) is 3.77. The maximum absolute atomic E-state index is 12.0. The summed E-state index contributed by atoms with van der Waals surface area (Å²) in [5, 5.41) is 3.79. The number of rotatable bonds is 3. The Morgan fingerprint density at radius 1 is 1.28 bits per heavy atom. The van der Waals surface area contributed by atoms with Crippen molar-refractivity contribution >= 4 is 17.2 Å². The second-order valence-electron chi connectivity index (χ2n) is 4.43. The first-order valence-corrected chi connectivity index (χ1v) is 6.73. The lowest BCUT2D eigenvalue weighted by molar-refractivity contribution is 0.0946. The summed E-state index contributed by atoms with van der Waals surface area (Å²) in [6, 6.07) is 10.1. The fourth-order valence-electron chi connectivity index (χ4n) is 1.64. The van der Waals surface area contributed by atoms with Crippen molar-refractivity contribution in [3.8, 4) is 10.6 Å². The summed E-state index contributed by atoms with van der Waals surface area (Å²) in [5.41, 5.74) is 1.84. The number of nitrogens with zero attached hydrogens (tertiary/aromatic N) is 1. The van der Waals surface area contributed by atoms with Crippen LogP contribution >= 0.6 is 11.3 Å². The van der Waals surface area contributed by atoms with E-state index >= 15 is 0 Å². The number of thiazole rings is 1. The van der Waals surface area contributed by atoms with E-state index in [0.29, 0.717) is 4.88 Å². The quantitative estimate of drug-likeness (QED) is 0.920. The average molecular weight is 260 g/mol. The standard InChI is InChI=1S/C14H16N2OS/c1-9(2)15-13(17)12-10(3)16-14(18-12)11-7-5-4-6-8-11/h4-9H,1-3H3,(H,15,17). The van der Waals surface area contributed by atoms with Crippen molar-refractivity contribution in [3.05, 3.63) is 40.9 Å². The van der Waals surface area contributed by atoms with Crippen molar-refractivity contribution in [3.63, 3.8) is 0 Å². The summed E-state index contributed by atoms with van der Waals surface area (Å²) in [7, 11) is 0. The smallest absolute Gasteiger partial charge is 0.263 e. The van der Waals surface area contributed by atoms with Gasteiger partial charge in [0, 0.05) is 11.6 Å². The zero-order valence-electron chi connectivity index (χ0n) is 10.7. The number of nitrogens with one attached hydrogen (secondary N) is 1. The van der Waals surface area contributed by atoms with Gasteiger partial charge in [-0.3, -0.25) is 4.79 Å². The van der Waals surface area contributed by atoms with E-state index in [1.807, 2.05) is 51.1 Å². The molecule has 2 aromatic rings. The Morgan fingerprint density at radius 2 is 1.94 bits per heavy atom. The highest BCUT2D eigenvalue weighted by atomic mass is 32.1. The van der Waals surface area contributed by atoms with Crippen LogP contribution in [0.1, 0.15) is 29.2 Å². The Bertz CT molecular complexity index is 546. The first-order valence-electron chi connectivity index (χ1n) is 5.91. The van der Waals surface area contributed by atoms with E-state index in [9.17, 15) is 4.79 Å². The molecule has 0 saturated carbocycles. The third kappa shape index (κ3) is 2.76. The van der Waals surface area contributed by atoms with Crippen LogP contribution < -0.4 is 5.32 Å². The molecule has 0 saturated heterocycles. The molecule has 4 heteroatoms. The minimum Gasteiger partial charge on any atom is -0.349 e. The Morgan fingerprint density at radius 3 is 2.56 bits per heavy atom. The molecular weight excluding hydrogens is 244 g/mol. The molecule has 2 rings (SSSR count). The molecule has 0 atom stereocenters. The van der Waals surface area contributed by atoms with Crippen molar-refractivity contribution in [1.29, 1.82) is 0 Å². The van der Waals surface area contributed by atoms with Crippen LogP contribution in [-0.2, 0) is 0 Å². The van der Waals surface area contributed by atoms with Gasteiger partial charge in [0.15, 0.2) is 0 Å². The molecule has 0 fully saturated rings. The van der Waals surface area contributed by atoms with Crippen LogP contribution in [0, 0.1) is 6.92 Å². The molecule has 1 amide bonds. The number of aromatic nitrogens is 1. The van der Waals surface area contributed by atoms with Crippen LogP contribution in [0.5, 0.6) is 0 Å². The lowest BCUT2D eigenvalue weighted by atomic mass is 10.2. The molecule has 0 bridgehead atoms. The van der Waals surface area contributed by atoms with Gasteiger partial charge < -0.3 is 5.32 Å². The minimum absolute atomic E-state index is 0.0396. The number of benzene rings is 1. The second-order valence-corrected chi connectivity index (χ2v) is 5.43. The highest BCUT2D eigenvalue weighted by Crippen LogP contribution is 2.27. The van der Waals surface area contributed by atoms with Crippen LogP contribution in [0.15, 0.2) is 30.3 Å². The van der Waals surface area contributed by atoms with Gasteiger partial charge in [0.25, 0.3) is 5.91 Å². The van der Waals surface area contributed by atoms with Gasteiger partial charge in [0.05, 0.1) is 5.69 Å². The van der Waals surface area contributed by atoms with Crippen molar-refractivity contribution in [2.75, 3.05) is 0 Å². The summed E-state index contributed by atoms with van der Waals surface area (Å²) in [6.07, 6.45) is 0.